The van der Waals surface area contributed by atoms with Crippen LogP contribution in [0.5, 0.6) is 0 Å². The molecule has 0 saturated heterocycles. The van der Waals surface area contributed by atoms with E-state index < -0.39 is 0 Å². The van der Waals surface area contributed by atoms with Gasteiger partial charge in [-0.25, -0.2) is 0 Å². The maximum Gasteiger partial charge on any atom is 0.0485 e. The lowest BCUT2D eigenvalue weighted by atomic mass is 9.94. The molecule has 0 fully saturated rings. The Morgan fingerprint density at radius 3 is 2.11 bits per heavy atom. The molecule has 0 unspecified atom stereocenters. The van der Waals surface area contributed by atoms with Gasteiger partial charge in [-0.1, -0.05) is 58.5 Å². The van der Waals surface area contributed by atoms with Crippen molar-refractivity contribution >= 4 is 0 Å². The topological polar surface area (TPSA) is 12.9 Å². The van der Waals surface area contributed by atoms with Gasteiger partial charge in [0, 0.05) is 17.0 Å². The molecule has 2 rings (SSSR count). The molecule has 0 amide bonds. The maximum absolute atomic E-state index is 4.79. The summed E-state index contributed by atoms with van der Waals surface area (Å²) < 4.78 is 0. The van der Waals surface area contributed by atoms with Gasteiger partial charge in [-0.05, 0) is 36.5 Å². The predicted molar refractivity (Wildman–Crippen MR) is 84.5 cm³/mol. The first-order chi connectivity index (χ1) is 8.80. The molecule has 0 aliphatic rings. The SMILES string of the molecule is C.CCc1cc(CC)c(-c2ccccc2)c(CC)n1. The summed E-state index contributed by atoms with van der Waals surface area (Å²) >= 11 is 0. The highest BCUT2D eigenvalue weighted by molar-refractivity contribution is 5.70. The molecule has 1 heteroatoms. The third kappa shape index (κ3) is 3.23. The fourth-order valence-electron chi connectivity index (χ4n) is 2.39. The minimum absolute atomic E-state index is 0. The van der Waals surface area contributed by atoms with E-state index in [1.165, 1.54) is 28.1 Å². The Hall–Kier alpha value is -1.63. The first-order valence-electron chi connectivity index (χ1n) is 6.87. The minimum atomic E-state index is 0. The van der Waals surface area contributed by atoms with Gasteiger partial charge in [0.05, 0.1) is 0 Å². The van der Waals surface area contributed by atoms with Crippen molar-refractivity contribution in [2.24, 2.45) is 0 Å². The van der Waals surface area contributed by atoms with E-state index in [1.54, 1.807) is 0 Å². The molecule has 1 nitrogen and oxygen atoms in total. The second-order valence-corrected chi connectivity index (χ2v) is 4.52. The van der Waals surface area contributed by atoms with Crippen LogP contribution in [0.2, 0.25) is 0 Å². The number of rotatable bonds is 4. The summed E-state index contributed by atoms with van der Waals surface area (Å²) in [6, 6.07) is 12.9. The van der Waals surface area contributed by atoms with Gasteiger partial charge in [0.1, 0.15) is 0 Å². The number of nitrogens with zero attached hydrogens (tertiary/aromatic N) is 1. The molecule has 0 N–H and O–H groups in total. The van der Waals surface area contributed by atoms with Gasteiger partial charge in [-0.3, -0.25) is 4.98 Å². The molecular weight excluding hydrogens is 230 g/mol. The van der Waals surface area contributed by atoms with Crippen LogP contribution in [0.4, 0.5) is 0 Å². The second kappa shape index (κ2) is 7.08. The third-order valence-corrected chi connectivity index (χ3v) is 3.37. The van der Waals surface area contributed by atoms with Gasteiger partial charge < -0.3 is 0 Å². The van der Waals surface area contributed by atoms with Crippen molar-refractivity contribution in [2.75, 3.05) is 0 Å². The lowest BCUT2D eigenvalue weighted by molar-refractivity contribution is 0.937. The largest absolute Gasteiger partial charge is 0.257 e. The first kappa shape index (κ1) is 15.4. The van der Waals surface area contributed by atoms with Crippen molar-refractivity contribution < 1.29 is 0 Å². The number of aromatic nitrogens is 1. The van der Waals surface area contributed by atoms with Crippen LogP contribution in [0.1, 0.15) is 45.1 Å². The molecule has 0 saturated carbocycles. The summed E-state index contributed by atoms with van der Waals surface area (Å²) in [5.41, 5.74) is 6.50. The Morgan fingerprint density at radius 2 is 1.58 bits per heavy atom. The van der Waals surface area contributed by atoms with Crippen molar-refractivity contribution in [3.05, 3.63) is 53.3 Å². The van der Waals surface area contributed by atoms with Crippen LogP contribution in [0.25, 0.3) is 11.1 Å². The molecule has 0 atom stereocenters. The van der Waals surface area contributed by atoms with E-state index in [9.17, 15) is 0 Å². The minimum Gasteiger partial charge on any atom is -0.257 e. The van der Waals surface area contributed by atoms with Crippen LogP contribution < -0.4 is 0 Å². The molecule has 19 heavy (non-hydrogen) atoms. The predicted octanol–water partition coefficient (Wildman–Crippen LogP) is 5.07. The van der Waals surface area contributed by atoms with Gasteiger partial charge in [-0.15, -0.1) is 0 Å². The summed E-state index contributed by atoms with van der Waals surface area (Å²) in [6.07, 6.45) is 3.06. The molecule has 0 aliphatic heterocycles. The number of pyridine rings is 1. The van der Waals surface area contributed by atoms with Gasteiger partial charge in [0.2, 0.25) is 0 Å². The van der Waals surface area contributed by atoms with E-state index in [2.05, 4.69) is 57.2 Å². The monoisotopic (exact) mass is 255 g/mol. The average Bonchev–Trinajstić information content (AvgIpc) is 2.46. The number of aryl methyl sites for hydroxylation is 3. The summed E-state index contributed by atoms with van der Waals surface area (Å²) in [5.74, 6) is 0. The van der Waals surface area contributed by atoms with E-state index in [1.807, 2.05) is 0 Å². The third-order valence-electron chi connectivity index (χ3n) is 3.37. The van der Waals surface area contributed by atoms with E-state index in [-0.39, 0.29) is 7.43 Å². The number of hydrogen-bond acceptors (Lipinski definition) is 1. The summed E-state index contributed by atoms with van der Waals surface area (Å²) in [4.78, 5) is 4.79. The molecule has 0 radical (unpaired) electrons. The van der Waals surface area contributed by atoms with E-state index in [0.717, 1.165) is 19.3 Å². The first-order valence-corrected chi connectivity index (χ1v) is 6.87. The zero-order valence-corrected chi connectivity index (χ0v) is 11.5. The van der Waals surface area contributed by atoms with Gasteiger partial charge in [-0.2, -0.15) is 0 Å². The Kier molecular flexibility index (Phi) is 5.75. The summed E-state index contributed by atoms with van der Waals surface area (Å²) in [6.45, 7) is 6.58. The van der Waals surface area contributed by atoms with Gasteiger partial charge >= 0.3 is 0 Å². The molecule has 2 aromatic rings. The molecule has 0 spiro atoms. The van der Waals surface area contributed by atoms with Gasteiger partial charge in [0.25, 0.3) is 0 Å². The van der Waals surface area contributed by atoms with Crippen LogP contribution in [-0.2, 0) is 19.3 Å². The summed E-state index contributed by atoms with van der Waals surface area (Å²) in [7, 11) is 0. The Bertz CT molecular complexity index is 489. The van der Waals surface area contributed by atoms with Crippen LogP contribution >= 0.6 is 0 Å². The van der Waals surface area contributed by atoms with Crippen molar-refractivity contribution in [3.63, 3.8) is 0 Å². The second-order valence-electron chi connectivity index (χ2n) is 4.52. The Morgan fingerprint density at radius 1 is 0.895 bits per heavy atom. The molecule has 102 valence electrons. The molecule has 0 aliphatic carbocycles. The Balaban J connectivity index is 0.00000180. The average molecular weight is 255 g/mol. The highest BCUT2D eigenvalue weighted by Crippen LogP contribution is 2.28. The zero-order chi connectivity index (χ0) is 13.0. The normalized spacial score (nSPS) is 10.1. The van der Waals surface area contributed by atoms with Crippen molar-refractivity contribution in [2.45, 2.75) is 47.5 Å². The summed E-state index contributed by atoms with van der Waals surface area (Å²) in [5, 5.41) is 0. The van der Waals surface area contributed by atoms with Crippen LogP contribution in [0, 0.1) is 0 Å². The van der Waals surface area contributed by atoms with E-state index >= 15 is 0 Å². The standard InChI is InChI=1S/C17H21N.CH4/c1-4-13-12-15(5-2)18-16(6-3)17(13)14-10-8-7-9-11-14;/h7-12H,4-6H2,1-3H3;1H4. The molecule has 1 aromatic carbocycles. The molecule has 0 bridgehead atoms. The fourth-order valence-corrected chi connectivity index (χ4v) is 2.39. The molecule has 1 aromatic heterocycles. The van der Waals surface area contributed by atoms with E-state index in [0.29, 0.717) is 0 Å². The molecular formula is C18H25N. The maximum atomic E-state index is 4.79. The zero-order valence-electron chi connectivity index (χ0n) is 11.5. The quantitative estimate of drug-likeness (QED) is 0.743. The highest BCUT2D eigenvalue weighted by atomic mass is 14.7. The highest BCUT2D eigenvalue weighted by Gasteiger charge is 2.11. The van der Waals surface area contributed by atoms with E-state index in [4.69, 9.17) is 4.98 Å². The van der Waals surface area contributed by atoms with Crippen molar-refractivity contribution in [1.82, 2.24) is 4.98 Å². The number of benzene rings is 1. The van der Waals surface area contributed by atoms with Crippen LogP contribution in [-0.4, -0.2) is 4.98 Å². The smallest absolute Gasteiger partial charge is 0.0485 e. The van der Waals surface area contributed by atoms with Crippen LogP contribution in [0.3, 0.4) is 0 Å². The van der Waals surface area contributed by atoms with Crippen molar-refractivity contribution in [3.8, 4) is 11.1 Å². The lowest BCUT2D eigenvalue weighted by Crippen LogP contribution is -2.01. The van der Waals surface area contributed by atoms with Crippen LogP contribution in [0.15, 0.2) is 36.4 Å². The Labute approximate surface area is 117 Å². The lowest BCUT2D eigenvalue weighted by Gasteiger charge is -2.14. The number of hydrogen-bond donors (Lipinski definition) is 0. The molecule has 1 heterocycles. The van der Waals surface area contributed by atoms with Crippen molar-refractivity contribution in [1.29, 1.82) is 0 Å². The van der Waals surface area contributed by atoms with Gasteiger partial charge in [0.15, 0.2) is 0 Å². The fraction of sp³-hybridized carbons (Fsp3) is 0.389.